The standard InChI is InChI=1S/C12H17ClN2O/c1-3-6-14-12(16)8-15-11-7-10(13)5-4-9(11)2/h4-5,7,15H,3,6,8H2,1-2H3,(H,14,16). The van der Waals surface area contributed by atoms with Gasteiger partial charge in [0.25, 0.3) is 0 Å². The second-order valence-electron chi connectivity index (χ2n) is 3.66. The molecule has 0 saturated heterocycles. The predicted octanol–water partition coefficient (Wildman–Crippen LogP) is 2.59. The van der Waals surface area contributed by atoms with Gasteiger partial charge in [-0.05, 0) is 31.0 Å². The zero-order valence-electron chi connectivity index (χ0n) is 9.64. The quantitative estimate of drug-likeness (QED) is 0.831. The van der Waals surface area contributed by atoms with Gasteiger partial charge in [-0.25, -0.2) is 0 Å². The molecule has 2 N–H and O–H groups in total. The summed E-state index contributed by atoms with van der Waals surface area (Å²) in [6.07, 6.45) is 0.946. The van der Waals surface area contributed by atoms with Crippen LogP contribution >= 0.6 is 11.6 Å². The van der Waals surface area contributed by atoms with E-state index < -0.39 is 0 Å². The Hall–Kier alpha value is -1.22. The van der Waals surface area contributed by atoms with Crippen molar-refractivity contribution in [1.29, 1.82) is 0 Å². The highest BCUT2D eigenvalue weighted by Crippen LogP contribution is 2.19. The fourth-order valence-electron chi connectivity index (χ4n) is 1.29. The van der Waals surface area contributed by atoms with Gasteiger partial charge in [0.15, 0.2) is 0 Å². The summed E-state index contributed by atoms with van der Waals surface area (Å²) in [6.45, 7) is 4.99. The molecule has 1 rings (SSSR count). The highest BCUT2D eigenvalue weighted by Gasteiger charge is 2.02. The van der Waals surface area contributed by atoms with Crippen molar-refractivity contribution in [2.45, 2.75) is 20.3 Å². The Kier molecular flexibility index (Phi) is 5.12. The van der Waals surface area contributed by atoms with Crippen molar-refractivity contribution in [3.8, 4) is 0 Å². The summed E-state index contributed by atoms with van der Waals surface area (Å²) in [5.74, 6) is 0.00113. The number of aryl methyl sites for hydroxylation is 1. The van der Waals surface area contributed by atoms with Crippen molar-refractivity contribution in [3.63, 3.8) is 0 Å². The number of carbonyl (C=O) groups is 1. The third-order valence-electron chi connectivity index (χ3n) is 2.21. The van der Waals surface area contributed by atoms with Crippen LogP contribution in [0.4, 0.5) is 5.69 Å². The van der Waals surface area contributed by atoms with Gasteiger partial charge >= 0.3 is 0 Å². The average molecular weight is 241 g/mol. The van der Waals surface area contributed by atoms with Gasteiger partial charge in [0.1, 0.15) is 0 Å². The average Bonchev–Trinajstić information content (AvgIpc) is 2.27. The van der Waals surface area contributed by atoms with E-state index in [1.54, 1.807) is 0 Å². The number of carbonyl (C=O) groups excluding carboxylic acids is 1. The van der Waals surface area contributed by atoms with E-state index in [0.717, 1.165) is 24.2 Å². The van der Waals surface area contributed by atoms with E-state index in [9.17, 15) is 4.79 Å². The Balaban J connectivity index is 2.47. The molecule has 1 aromatic carbocycles. The maximum absolute atomic E-state index is 11.4. The minimum Gasteiger partial charge on any atom is -0.376 e. The lowest BCUT2D eigenvalue weighted by Crippen LogP contribution is -2.30. The van der Waals surface area contributed by atoms with Crippen LogP contribution in [0.1, 0.15) is 18.9 Å². The molecule has 0 heterocycles. The fourth-order valence-corrected chi connectivity index (χ4v) is 1.46. The Morgan fingerprint density at radius 2 is 2.19 bits per heavy atom. The molecule has 16 heavy (non-hydrogen) atoms. The first-order valence-corrected chi connectivity index (χ1v) is 5.78. The van der Waals surface area contributed by atoms with Crippen LogP contribution in [0.15, 0.2) is 18.2 Å². The highest BCUT2D eigenvalue weighted by atomic mass is 35.5. The number of amides is 1. The maximum Gasteiger partial charge on any atom is 0.239 e. The molecule has 0 aromatic heterocycles. The summed E-state index contributed by atoms with van der Waals surface area (Å²) >= 11 is 5.88. The number of hydrogen-bond donors (Lipinski definition) is 2. The zero-order chi connectivity index (χ0) is 12.0. The van der Waals surface area contributed by atoms with Crippen LogP contribution in [0.3, 0.4) is 0 Å². The summed E-state index contributed by atoms with van der Waals surface area (Å²) in [5.41, 5.74) is 1.98. The number of rotatable bonds is 5. The lowest BCUT2D eigenvalue weighted by Gasteiger charge is -2.09. The van der Waals surface area contributed by atoms with E-state index in [1.807, 2.05) is 32.0 Å². The summed E-state index contributed by atoms with van der Waals surface area (Å²) in [7, 11) is 0. The van der Waals surface area contributed by atoms with E-state index in [4.69, 9.17) is 11.6 Å². The van der Waals surface area contributed by atoms with Crippen LogP contribution in [0.2, 0.25) is 5.02 Å². The molecule has 1 amide bonds. The summed E-state index contributed by atoms with van der Waals surface area (Å²) in [5, 5.41) is 6.54. The molecular formula is C12H17ClN2O. The zero-order valence-corrected chi connectivity index (χ0v) is 10.4. The monoisotopic (exact) mass is 240 g/mol. The van der Waals surface area contributed by atoms with E-state index in [2.05, 4.69) is 10.6 Å². The van der Waals surface area contributed by atoms with Crippen LogP contribution in [0.25, 0.3) is 0 Å². The normalized spacial score (nSPS) is 9.94. The number of hydrogen-bond acceptors (Lipinski definition) is 2. The molecule has 0 atom stereocenters. The minimum atomic E-state index is 0.00113. The van der Waals surface area contributed by atoms with Crippen molar-refractivity contribution in [3.05, 3.63) is 28.8 Å². The highest BCUT2D eigenvalue weighted by molar-refractivity contribution is 6.30. The summed E-state index contributed by atoms with van der Waals surface area (Å²) in [6, 6.07) is 5.58. The van der Waals surface area contributed by atoms with Gasteiger partial charge in [0.05, 0.1) is 6.54 Å². The first kappa shape index (κ1) is 12.8. The van der Waals surface area contributed by atoms with Gasteiger partial charge in [-0.15, -0.1) is 0 Å². The van der Waals surface area contributed by atoms with Crippen molar-refractivity contribution in [2.24, 2.45) is 0 Å². The molecule has 3 nitrogen and oxygen atoms in total. The molecular weight excluding hydrogens is 224 g/mol. The second-order valence-corrected chi connectivity index (χ2v) is 4.10. The van der Waals surface area contributed by atoms with E-state index in [-0.39, 0.29) is 12.5 Å². The molecule has 88 valence electrons. The van der Waals surface area contributed by atoms with Crippen molar-refractivity contribution < 1.29 is 4.79 Å². The summed E-state index contributed by atoms with van der Waals surface area (Å²) in [4.78, 5) is 11.4. The molecule has 0 saturated carbocycles. The topological polar surface area (TPSA) is 41.1 Å². The van der Waals surface area contributed by atoms with Crippen molar-refractivity contribution in [1.82, 2.24) is 5.32 Å². The third kappa shape index (κ3) is 4.11. The lowest BCUT2D eigenvalue weighted by molar-refractivity contribution is -0.119. The Morgan fingerprint density at radius 3 is 2.88 bits per heavy atom. The Morgan fingerprint density at radius 1 is 1.44 bits per heavy atom. The largest absolute Gasteiger partial charge is 0.376 e. The van der Waals surface area contributed by atoms with Crippen LogP contribution < -0.4 is 10.6 Å². The molecule has 0 aliphatic heterocycles. The van der Waals surface area contributed by atoms with Crippen LogP contribution in [0.5, 0.6) is 0 Å². The second kappa shape index (κ2) is 6.38. The third-order valence-corrected chi connectivity index (χ3v) is 2.45. The van der Waals surface area contributed by atoms with Crippen molar-refractivity contribution in [2.75, 3.05) is 18.4 Å². The molecule has 0 bridgehead atoms. The molecule has 1 aromatic rings. The van der Waals surface area contributed by atoms with E-state index in [1.165, 1.54) is 0 Å². The molecule has 0 spiro atoms. The Bertz CT molecular complexity index is 366. The number of anilines is 1. The number of nitrogens with one attached hydrogen (secondary N) is 2. The fraction of sp³-hybridized carbons (Fsp3) is 0.417. The van der Waals surface area contributed by atoms with Crippen LogP contribution in [-0.2, 0) is 4.79 Å². The molecule has 0 aliphatic rings. The first-order valence-electron chi connectivity index (χ1n) is 5.40. The van der Waals surface area contributed by atoms with Crippen LogP contribution in [-0.4, -0.2) is 19.0 Å². The molecule has 4 heteroatoms. The van der Waals surface area contributed by atoms with Gasteiger partial charge in [-0.1, -0.05) is 24.6 Å². The van der Waals surface area contributed by atoms with Crippen LogP contribution in [0, 0.1) is 6.92 Å². The van der Waals surface area contributed by atoms with Crippen molar-refractivity contribution >= 4 is 23.2 Å². The van der Waals surface area contributed by atoms with Gasteiger partial charge < -0.3 is 10.6 Å². The SMILES string of the molecule is CCCNC(=O)CNc1cc(Cl)ccc1C. The lowest BCUT2D eigenvalue weighted by atomic mass is 10.2. The molecule has 0 radical (unpaired) electrons. The smallest absolute Gasteiger partial charge is 0.239 e. The number of halogens is 1. The molecule has 0 unspecified atom stereocenters. The number of benzene rings is 1. The first-order chi connectivity index (χ1) is 7.63. The van der Waals surface area contributed by atoms with Gasteiger partial charge in [0.2, 0.25) is 5.91 Å². The maximum atomic E-state index is 11.4. The van der Waals surface area contributed by atoms with Gasteiger partial charge in [-0.2, -0.15) is 0 Å². The van der Waals surface area contributed by atoms with Gasteiger partial charge in [-0.3, -0.25) is 4.79 Å². The van der Waals surface area contributed by atoms with E-state index in [0.29, 0.717) is 5.02 Å². The summed E-state index contributed by atoms with van der Waals surface area (Å²) < 4.78 is 0. The predicted molar refractivity (Wildman–Crippen MR) is 68.0 cm³/mol. The minimum absolute atomic E-state index is 0.00113. The van der Waals surface area contributed by atoms with Gasteiger partial charge in [0, 0.05) is 17.3 Å². The molecule has 0 fully saturated rings. The molecule has 0 aliphatic carbocycles. The van der Waals surface area contributed by atoms with E-state index >= 15 is 0 Å². The Labute approximate surface area is 101 Å².